The van der Waals surface area contributed by atoms with Gasteiger partial charge in [-0.25, -0.2) is 13.1 Å². The number of ether oxygens (including phenoxy) is 1. The fourth-order valence-electron chi connectivity index (χ4n) is 2.68. The van der Waals surface area contributed by atoms with Gasteiger partial charge in [0.25, 0.3) is 0 Å². The smallest absolute Gasteiger partial charge is 0.241 e. The number of furan rings is 1. The van der Waals surface area contributed by atoms with Crippen molar-refractivity contribution in [3.63, 3.8) is 0 Å². The second-order valence-corrected chi connectivity index (χ2v) is 7.63. The van der Waals surface area contributed by atoms with Gasteiger partial charge in [0.2, 0.25) is 10.0 Å². The predicted molar refractivity (Wildman–Crippen MR) is 97.3 cm³/mol. The highest BCUT2D eigenvalue weighted by Crippen LogP contribution is 2.31. The second-order valence-electron chi connectivity index (χ2n) is 5.92. The van der Waals surface area contributed by atoms with Crippen LogP contribution >= 0.6 is 0 Å². The highest BCUT2D eigenvalue weighted by Gasteiger charge is 2.21. The highest BCUT2D eigenvalue weighted by atomic mass is 32.2. The zero-order valence-corrected chi connectivity index (χ0v) is 15.3. The van der Waals surface area contributed by atoms with Gasteiger partial charge in [0.1, 0.15) is 5.76 Å². The molecular weight excluding hydrogens is 338 g/mol. The van der Waals surface area contributed by atoms with Crippen molar-refractivity contribution >= 4 is 21.0 Å². The SMILES string of the molecule is CCOc1cccc2cc(C(C)NS(=O)(=O)c3cccc(C)c3)oc12. The number of fused-ring (bicyclic) bond motifs is 1. The Morgan fingerprint density at radius 1 is 1.16 bits per heavy atom. The topological polar surface area (TPSA) is 68.5 Å². The number of hydrogen-bond donors (Lipinski definition) is 1. The van der Waals surface area contributed by atoms with Crippen molar-refractivity contribution in [1.82, 2.24) is 4.72 Å². The maximum Gasteiger partial charge on any atom is 0.241 e. The molecule has 0 amide bonds. The molecule has 0 bridgehead atoms. The molecule has 2 aromatic carbocycles. The summed E-state index contributed by atoms with van der Waals surface area (Å²) in [5.74, 6) is 1.19. The predicted octanol–water partition coefficient (Wildman–Crippen LogP) is 4.18. The zero-order valence-electron chi connectivity index (χ0n) is 14.4. The molecule has 25 heavy (non-hydrogen) atoms. The Balaban J connectivity index is 1.89. The van der Waals surface area contributed by atoms with Gasteiger partial charge in [-0.15, -0.1) is 0 Å². The van der Waals surface area contributed by atoms with Crippen LogP contribution in [0.15, 0.2) is 57.8 Å². The average Bonchev–Trinajstić information content (AvgIpc) is 3.00. The molecule has 0 fully saturated rings. The minimum atomic E-state index is -3.63. The summed E-state index contributed by atoms with van der Waals surface area (Å²) in [7, 11) is -3.63. The summed E-state index contributed by atoms with van der Waals surface area (Å²) in [5, 5.41) is 0.877. The number of para-hydroxylation sites is 1. The largest absolute Gasteiger partial charge is 0.490 e. The summed E-state index contributed by atoms with van der Waals surface area (Å²) in [6.45, 7) is 6.05. The normalized spacial score (nSPS) is 13.1. The van der Waals surface area contributed by atoms with E-state index in [0.29, 0.717) is 23.7 Å². The van der Waals surface area contributed by atoms with Gasteiger partial charge >= 0.3 is 0 Å². The number of hydrogen-bond acceptors (Lipinski definition) is 4. The number of rotatable bonds is 6. The van der Waals surface area contributed by atoms with Gasteiger partial charge in [-0.3, -0.25) is 0 Å². The first-order valence-electron chi connectivity index (χ1n) is 8.15. The molecule has 0 saturated carbocycles. The maximum atomic E-state index is 12.6. The van der Waals surface area contributed by atoms with Crippen LogP contribution in [0.1, 0.15) is 31.2 Å². The molecule has 132 valence electrons. The molecule has 3 aromatic rings. The van der Waals surface area contributed by atoms with Gasteiger partial charge < -0.3 is 9.15 Å². The zero-order chi connectivity index (χ0) is 18.0. The third-order valence-corrected chi connectivity index (χ3v) is 5.42. The average molecular weight is 359 g/mol. The second kappa shape index (κ2) is 6.90. The molecule has 0 saturated heterocycles. The number of aryl methyl sites for hydroxylation is 1. The van der Waals surface area contributed by atoms with Crippen LogP contribution < -0.4 is 9.46 Å². The molecular formula is C19H21NO4S. The number of nitrogens with one attached hydrogen (secondary N) is 1. The first-order chi connectivity index (χ1) is 11.9. The van der Waals surface area contributed by atoms with E-state index in [2.05, 4.69) is 4.72 Å². The van der Waals surface area contributed by atoms with Crippen LogP contribution in [0.2, 0.25) is 0 Å². The lowest BCUT2D eigenvalue weighted by atomic mass is 10.2. The van der Waals surface area contributed by atoms with Crippen molar-refractivity contribution < 1.29 is 17.6 Å². The molecule has 1 heterocycles. The quantitative estimate of drug-likeness (QED) is 0.717. The molecule has 0 radical (unpaired) electrons. The van der Waals surface area contributed by atoms with Gasteiger partial charge in [0.05, 0.1) is 17.5 Å². The summed E-state index contributed by atoms with van der Waals surface area (Å²) < 4.78 is 39.2. The van der Waals surface area contributed by atoms with Crippen molar-refractivity contribution in [3.05, 3.63) is 59.9 Å². The van der Waals surface area contributed by atoms with E-state index in [1.807, 2.05) is 44.2 Å². The van der Waals surface area contributed by atoms with Crippen LogP contribution in [0.5, 0.6) is 5.75 Å². The molecule has 1 atom stereocenters. The van der Waals surface area contributed by atoms with Crippen molar-refractivity contribution in [2.45, 2.75) is 31.7 Å². The van der Waals surface area contributed by atoms with E-state index < -0.39 is 16.1 Å². The van der Waals surface area contributed by atoms with Crippen molar-refractivity contribution in [2.75, 3.05) is 6.61 Å². The Morgan fingerprint density at radius 3 is 2.64 bits per heavy atom. The molecule has 0 spiro atoms. The van der Waals surface area contributed by atoms with Gasteiger partial charge in [-0.2, -0.15) is 0 Å². The number of sulfonamides is 1. The summed E-state index contributed by atoms with van der Waals surface area (Å²) >= 11 is 0. The molecule has 1 N–H and O–H groups in total. The Kier molecular flexibility index (Phi) is 4.83. The van der Waals surface area contributed by atoms with Crippen LogP contribution in [0.4, 0.5) is 0 Å². The fourth-order valence-corrected chi connectivity index (χ4v) is 4.00. The van der Waals surface area contributed by atoms with Crippen LogP contribution in [0.3, 0.4) is 0 Å². The van der Waals surface area contributed by atoms with E-state index in [1.54, 1.807) is 25.1 Å². The maximum absolute atomic E-state index is 12.6. The Hall–Kier alpha value is -2.31. The van der Waals surface area contributed by atoms with Crippen molar-refractivity contribution in [1.29, 1.82) is 0 Å². The van der Waals surface area contributed by atoms with E-state index in [4.69, 9.17) is 9.15 Å². The molecule has 0 aliphatic rings. The highest BCUT2D eigenvalue weighted by molar-refractivity contribution is 7.89. The van der Waals surface area contributed by atoms with Crippen molar-refractivity contribution in [3.8, 4) is 5.75 Å². The third-order valence-electron chi connectivity index (χ3n) is 3.89. The molecule has 6 heteroatoms. The van der Waals surface area contributed by atoms with Crippen molar-refractivity contribution in [2.24, 2.45) is 0 Å². The molecule has 5 nitrogen and oxygen atoms in total. The van der Waals surface area contributed by atoms with Crippen LogP contribution in [-0.4, -0.2) is 15.0 Å². The van der Waals surface area contributed by atoms with Crippen LogP contribution in [0.25, 0.3) is 11.0 Å². The van der Waals surface area contributed by atoms with Gasteiger partial charge in [0, 0.05) is 5.39 Å². The van der Waals surface area contributed by atoms with E-state index >= 15 is 0 Å². The number of benzene rings is 2. The first kappa shape index (κ1) is 17.5. The molecule has 0 aliphatic carbocycles. The van der Waals surface area contributed by atoms with Gasteiger partial charge in [0.15, 0.2) is 11.3 Å². The summed E-state index contributed by atoms with van der Waals surface area (Å²) in [6.07, 6.45) is 0. The fraction of sp³-hybridized carbons (Fsp3) is 0.263. The monoisotopic (exact) mass is 359 g/mol. The van der Waals surface area contributed by atoms with E-state index in [1.165, 1.54) is 0 Å². The van der Waals surface area contributed by atoms with Gasteiger partial charge in [-0.1, -0.05) is 24.3 Å². The summed E-state index contributed by atoms with van der Waals surface area (Å²) in [5.41, 5.74) is 1.52. The van der Waals surface area contributed by atoms with Crippen LogP contribution in [0, 0.1) is 6.92 Å². The minimum Gasteiger partial charge on any atom is -0.490 e. The Bertz CT molecular complexity index is 992. The van der Waals surface area contributed by atoms with E-state index in [9.17, 15) is 8.42 Å². The minimum absolute atomic E-state index is 0.241. The lowest BCUT2D eigenvalue weighted by Crippen LogP contribution is -2.26. The Morgan fingerprint density at radius 2 is 1.92 bits per heavy atom. The first-order valence-corrected chi connectivity index (χ1v) is 9.63. The Labute approximate surface area is 147 Å². The third kappa shape index (κ3) is 3.70. The standard InChI is InChI=1S/C19H21NO4S/c1-4-23-17-10-6-8-15-12-18(24-19(15)17)14(3)20-25(21,22)16-9-5-7-13(2)11-16/h5-12,14,20H,4H2,1-3H3. The van der Waals surface area contributed by atoms with Gasteiger partial charge in [-0.05, 0) is 50.6 Å². The van der Waals surface area contributed by atoms with E-state index in [0.717, 1.165) is 10.9 Å². The molecule has 1 aromatic heterocycles. The summed E-state index contributed by atoms with van der Waals surface area (Å²) in [6, 6.07) is 13.8. The van der Waals surface area contributed by atoms with E-state index in [-0.39, 0.29) is 4.90 Å². The molecule has 0 aliphatic heterocycles. The molecule has 3 rings (SSSR count). The lowest BCUT2D eigenvalue weighted by molar-refractivity contribution is 0.336. The van der Waals surface area contributed by atoms with Crippen LogP contribution in [-0.2, 0) is 10.0 Å². The molecule has 1 unspecified atom stereocenters. The lowest BCUT2D eigenvalue weighted by Gasteiger charge is -2.12. The summed E-state index contributed by atoms with van der Waals surface area (Å²) in [4.78, 5) is 0.241.